The summed E-state index contributed by atoms with van der Waals surface area (Å²) in [6, 6.07) is 8.14. The molecular weight excluding hydrogens is 307 g/mol. The molecule has 6 heteroatoms. The van der Waals surface area contributed by atoms with Crippen LogP contribution in [0.1, 0.15) is 12.5 Å². The second kappa shape index (κ2) is 7.38. The molecule has 0 radical (unpaired) electrons. The molecule has 1 unspecified atom stereocenters. The molecule has 1 aromatic carbocycles. The summed E-state index contributed by atoms with van der Waals surface area (Å²) in [4.78, 5) is 25.1. The van der Waals surface area contributed by atoms with E-state index in [2.05, 4.69) is 14.9 Å². The van der Waals surface area contributed by atoms with Crippen LogP contribution in [0.4, 0.5) is 10.3 Å². The second-order valence-corrected chi connectivity index (χ2v) is 6.09. The maximum absolute atomic E-state index is 13.0. The molecule has 126 valence electrons. The van der Waals surface area contributed by atoms with Gasteiger partial charge in [-0.3, -0.25) is 4.79 Å². The van der Waals surface area contributed by atoms with Crippen molar-refractivity contribution in [3.8, 4) is 0 Å². The predicted octanol–water partition coefficient (Wildman–Crippen LogP) is 2.14. The summed E-state index contributed by atoms with van der Waals surface area (Å²) in [7, 11) is 0. The fourth-order valence-electron chi connectivity index (χ4n) is 2.95. The Kier molecular flexibility index (Phi) is 5.03. The van der Waals surface area contributed by atoms with Gasteiger partial charge in [0.05, 0.1) is 0 Å². The summed E-state index contributed by atoms with van der Waals surface area (Å²) < 4.78 is 13.0. The molecule has 0 aliphatic carbocycles. The molecule has 0 saturated carbocycles. The average Bonchev–Trinajstić information content (AvgIpc) is 2.64. The van der Waals surface area contributed by atoms with Crippen molar-refractivity contribution in [1.29, 1.82) is 0 Å². The van der Waals surface area contributed by atoms with E-state index >= 15 is 0 Å². The quantitative estimate of drug-likeness (QED) is 0.863. The first kappa shape index (κ1) is 16.4. The Morgan fingerprint density at radius 2 is 1.75 bits per heavy atom. The molecule has 24 heavy (non-hydrogen) atoms. The van der Waals surface area contributed by atoms with Crippen LogP contribution < -0.4 is 4.90 Å². The molecule has 1 aliphatic heterocycles. The molecule has 0 N–H and O–H groups in total. The number of carbonyl (C=O) groups is 1. The van der Waals surface area contributed by atoms with Crippen LogP contribution in [-0.2, 0) is 11.2 Å². The van der Waals surface area contributed by atoms with E-state index in [0.717, 1.165) is 18.7 Å². The standard InChI is InChI=1S/C18H21FN4O/c1-14(13-15-3-5-16(19)6-4-15)17(24)22-9-11-23(12-10-22)18-20-7-2-8-21-18/h2-8,14H,9-13H2,1H3. The lowest BCUT2D eigenvalue weighted by atomic mass is 9.99. The molecule has 2 heterocycles. The Morgan fingerprint density at radius 1 is 1.12 bits per heavy atom. The van der Waals surface area contributed by atoms with Crippen LogP contribution in [0.3, 0.4) is 0 Å². The summed E-state index contributed by atoms with van der Waals surface area (Å²) in [5.74, 6) is 0.490. The number of hydrogen-bond donors (Lipinski definition) is 0. The van der Waals surface area contributed by atoms with Crippen molar-refractivity contribution in [2.24, 2.45) is 5.92 Å². The molecule has 5 nitrogen and oxygen atoms in total. The zero-order chi connectivity index (χ0) is 16.9. The number of piperazine rings is 1. The zero-order valence-electron chi connectivity index (χ0n) is 13.7. The van der Waals surface area contributed by atoms with E-state index in [4.69, 9.17) is 0 Å². The van der Waals surface area contributed by atoms with Gasteiger partial charge in [-0.25, -0.2) is 14.4 Å². The summed E-state index contributed by atoms with van der Waals surface area (Å²) in [5, 5.41) is 0. The number of benzene rings is 1. The van der Waals surface area contributed by atoms with Gasteiger partial charge in [0.25, 0.3) is 0 Å². The minimum absolute atomic E-state index is 0.116. The minimum atomic E-state index is -0.253. The molecule has 1 fully saturated rings. The molecule has 1 aromatic heterocycles. The fraction of sp³-hybridized carbons (Fsp3) is 0.389. The van der Waals surface area contributed by atoms with Gasteiger partial charge in [-0.05, 0) is 30.2 Å². The Balaban J connectivity index is 1.53. The van der Waals surface area contributed by atoms with E-state index < -0.39 is 0 Å². The smallest absolute Gasteiger partial charge is 0.225 e. The maximum atomic E-state index is 13.0. The van der Waals surface area contributed by atoms with Crippen molar-refractivity contribution in [2.45, 2.75) is 13.3 Å². The van der Waals surface area contributed by atoms with Crippen molar-refractivity contribution in [2.75, 3.05) is 31.1 Å². The second-order valence-electron chi connectivity index (χ2n) is 6.09. The van der Waals surface area contributed by atoms with Crippen molar-refractivity contribution >= 4 is 11.9 Å². The van der Waals surface area contributed by atoms with Gasteiger partial charge in [0.1, 0.15) is 5.82 Å². The van der Waals surface area contributed by atoms with E-state index in [0.29, 0.717) is 25.5 Å². The molecule has 1 amide bonds. The van der Waals surface area contributed by atoms with Gasteiger partial charge in [0.2, 0.25) is 11.9 Å². The monoisotopic (exact) mass is 328 g/mol. The Hall–Kier alpha value is -2.50. The molecule has 0 spiro atoms. The summed E-state index contributed by atoms with van der Waals surface area (Å²) in [6.07, 6.45) is 4.08. The van der Waals surface area contributed by atoms with Crippen LogP contribution in [0, 0.1) is 11.7 Å². The summed E-state index contributed by atoms with van der Waals surface area (Å²) in [6.45, 7) is 4.74. The van der Waals surface area contributed by atoms with Gasteiger partial charge >= 0.3 is 0 Å². The van der Waals surface area contributed by atoms with E-state index in [-0.39, 0.29) is 17.6 Å². The topological polar surface area (TPSA) is 49.3 Å². The molecular formula is C18H21FN4O. The van der Waals surface area contributed by atoms with Gasteiger partial charge in [-0.2, -0.15) is 0 Å². The van der Waals surface area contributed by atoms with Crippen LogP contribution in [0.2, 0.25) is 0 Å². The molecule has 1 aliphatic rings. The average molecular weight is 328 g/mol. The van der Waals surface area contributed by atoms with E-state index in [1.165, 1.54) is 12.1 Å². The van der Waals surface area contributed by atoms with E-state index in [9.17, 15) is 9.18 Å². The number of anilines is 1. The Morgan fingerprint density at radius 3 is 2.38 bits per heavy atom. The number of rotatable bonds is 4. The lowest BCUT2D eigenvalue weighted by Crippen LogP contribution is -2.50. The first-order valence-corrected chi connectivity index (χ1v) is 8.18. The van der Waals surface area contributed by atoms with Gasteiger partial charge < -0.3 is 9.80 Å². The third-order valence-electron chi connectivity index (χ3n) is 4.30. The number of amides is 1. The van der Waals surface area contributed by atoms with Crippen molar-refractivity contribution in [3.63, 3.8) is 0 Å². The summed E-state index contributed by atoms with van der Waals surface area (Å²) >= 11 is 0. The largest absolute Gasteiger partial charge is 0.339 e. The molecule has 3 rings (SSSR count). The lowest BCUT2D eigenvalue weighted by molar-refractivity contribution is -0.135. The lowest BCUT2D eigenvalue weighted by Gasteiger charge is -2.36. The van der Waals surface area contributed by atoms with Gasteiger partial charge in [0.15, 0.2) is 0 Å². The zero-order valence-corrected chi connectivity index (χ0v) is 13.7. The number of carbonyl (C=O) groups excluding carboxylic acids is 1. The summed E-state index contributed by atoms with van der Waals surface area (Å²) in [5.41, 5.74) is 0.980. The number of nitrogens with zero attached hydrogens (tertiary/aromatic N) is 4. The fourth-order valence-corrected chi connectivity index (χ4v) is 2.95. The van der Waals surface area contributed by atoms with E-state index in [1.807, 2.05) is 11.8 Å². The third kappa shape index (κ3) is 3.88. The normalized spacial score (nSPS) is 16.1. The highest BCUT2D eigenvalue weighted by molar-refractivity contribution is 5.79. The van der Waals surface area contributed by atoms with Crippen LogP contribution in [0.5, 0.6) is 0 Å². The Labute approximate surface area is 141 Å². The highest BCUT2D eigenvalue weighted by Gasteiger charge is 2.25. The number of halogens is 1. The minimum Gasteiger partial charge on any atom is -0.339 e. The van der Waals surface area contributed by atoms with E-state index in [1.54, 1.807) is 30.6 Å². The van der Waals surface area contributed by atoms with Gasteiger partial charge in [-0.15, -0.1) is 0 Å². The van der Waals surface area contributed by atoms with Crippen LogP contribution in [-0.4, -0.2) is 47.0 Å². The molecule has 0 bridgehead atoms. The Bertz CT molecular complexity index is 669. The molecule has 1 saturated heterocycles. The van der Waals surface area contributed by atoms with Crippen LogP contribution in [0.15, 0.2) is 42.7 Å². The maximum Gasteiger partial charge on any atom is 0.225 e. The van der Waals surface area contributed by atoms with Crippen LogP contribution in [0.25, 0.3) is 0 Å². The van der Waals surface area contributed by atoms with Crippen LogP contribution >= 0.6 is 0 Å². The highest BCUT2D eigenvalue weighted by Crippen LogP contribution is 2.15. The van der Waals surface area contributed by atoms with Crippen molar-refractivity contribution in [3.05, 3.63) is 54.1 Å². The number of hydrogen-bond acceptors (Lipinski definition) is 4. The first-order chi connectivity index (χ1) is 11.6. The third-order valence-corrected chi connectivity index (χ3v) is 4.30. The molecule has 1 atom stereocenters. The highest BCUT2D eigenvalue weighted by atomic mass is 19.1. The first-order valence-electron chi connectivity index (χ1n) is 8.18. The SMILES string of the molecule is CC(Cc1ccc(F)cc1)C(=O)N1CCN(c2ncccn2)CC1. The van der Waals surface area contributed by atoms with Crippen molar-refractivity contribution < 1.29 is 9.18 Å². The van der Waals surface area contributed by atoms with Crippen molar-refractivity contribution in [1.82, 2.24) is 14.9 Å². The number of aromatic nitrogens is 2. The van der Waals surface area contributed by atoms with Gasteiger partial charge in [0, 0.05) is 44.5 Å². The molecule has 2 aromatic rings. The van der Waals surface area contributed by atoms with Gasteiger partial charge in [-0.1, -0.05) is 19.1 Å². The predicted molar refractivity (Wildman–Crippen MR) is 90.1 cm³/mol.